The zero-order valence-corrected chi connectivity index (χ0v) is 21.7. The summed E-state index contributed by atoms with van der Waals surface area (Å²) in [4.78, 5) is 16.9. The van der Waals surface area contributed by atoms with Crippen LogP contribution in [0.3, 0.4) is 0 Å². The lowest BCUT2D eigenvalue weighted by molar-refractivity contribution is -0.152. The lowest BCUT2D eigenvalue weighted by Crippen LogP contribution is -2.38. The molecule has 0 aliphatic carbocycles. The molecule has 1 heterocycles. The van der Waals surface area contributed by atoms with Crippen molar-refractivity contribution in [3.63, 3.8) is 0 Å². The molecule has 9 heteroatoms. The van der Waals surface area contributed by atoms with Crippen LogP contribution in [0.25, 0.3) is 10.6 Å². The number of benzene rings is 2. The fourth-order valence-corrected chi connectivity index (χ4v) is 4.69. The molecule has 1 N–H and O–H groups in total. The van der Waals surface area contributed by atoms with Gasteiger partial charge in [-0.3, -0.25) is 0 Å². The number of carboxylic acid groups (broad SMARTS) is 1. The predicted octanol–water partition coefficient (Wildman–Crippen LogP) is 8.00. The summed E-state index contributed by atoms with van der Waals surface area (Å²) in [7, 11) is 0. The van der Waals surface area contributed by atoms with Crippen molar-refractivity contribution in [1.29, 1.82) is 0 Å². The van der Waals surface area contributed by atoms with E-state index in [-0.39, 0.29) is 6.10 Å². The molecule has 3 aromatic rings. The van der Waals surface area contributed by atoms with E-state index in [4.69, 9.17) is 9.47 Å². The molecule has 1 aromatic heterocycles. The fraction of sp³-hybridized carbons (Fsp3) is 0.407. The first-order valence-electron chi connectivity index (χ1n) is 11.7. The summed E-state index contributed by atoms with van der Waals surface area (Å²) in [6.45, 7) is 8.76. The molecule has 3 rings (SSSR count). The number of hydrogen-bond donors (Lipinski definition) is 1. The van der Waals surface area contributed by atoms with Crippen LogP contribution in [-0.4, -0.2) is 21.7 Å². The minimum absolute atomic E-state index is 0.285. The number of aromatic nitrogens is 1. The minimum atomic E-state index is -4.39. The number of thiazole rings is 1. The van der Waals surface area contributed by atoms with E-state index >= 15 is 0 Å². The van der Waals surface area contributed by atoms with Gasteiger partial charge in [0.25, 0.3) is 0 Å². The molecule has 0 spiro atoms. The van der Waals surface area contributed by atoms with Crippen molar-refractivity contribution in [2.24, 2.45) is 0 Å². The van der Waals surface area contributed by atoms with E-state index in [1.807, 2.05) is 13.8 Å². The number of hydrogen-bond acceptors (Lipinski definition) is 5. The third kappa shape index (κ3) is 6.57. The van der Waals surface area contributed by atoms with Crippen LogP contribution < -0.4 is 9.47 Å². The molecule has 36 heavy (non-hydrogen) atoms. The molecule has 2 aromatic carbocycles. The topological polar surface area (TPSA) is 68.7 Å². The monoisotopic (exact) mass is 521 g/mol. The number of rotatable bonds is 10. The van der Waals surface area contributed by atoms with Crippen LogP contribution in [0.15, 0.2) is 42.5 Å². The summed E-state index contributed by atoms with van der Waals surface area (Å²) in [5.41, 5.74) is 0.0671. The molecule has 0 saturated carbocycles. The highest BCUT2D eigenvalue weighted by atomic mass is 32.1. The maximum absolute atomic E-state index is 12.9. The quantitative estimate of drug-likeness (QED) is 0.293. The average Bonchev–Trinajstić information content (AvgIpc) is 3.19. The van der Waals surface area contributed by atoms with Crippen molar-refractivity contribution in [1.82, 2.24) is 4.98 Å². The molecule has 5 nitrogen and oxygen atoms in total. The summed E-state index contributed by atoms with van der Waals surface area (Å²) in [5.74, 6) is 0.00256. The molecule has 0 radical (unpaired) electrons. The number of ether oxygens (including phenoxy) is 2. The summed E-state index contributed by atoms with van der Waals surface area (Å²) in [6, 6.07) is 10.2. The van der Waals surface area contributed by atoms with E-state index in [1.165, 1.54) is 37.3 Å². The van der Waals surface area contributed by atoms with Gasteiger partial charge in [0.05, 0.1) is 16.1 Å². The van der Waals surface area contributed by atoms with Gasteiger partial charge in [-0.15, -0.1) is 11.3 Å². The molecule has 194 valence electrons. The van der Waals surface area contributed by atoms with Crippen molar-refractivity contribution in [3.8, 4) is 22.1 Å². The number of carbonyl (C=O) groups is 1. The Morgan fingerprint density at radius 2 is 1.78 bits per heavy atom. The van der Waals surface area contributed by atoms with Gasteiger partial charge in [0.1, 0.15) is 22.6 Å². The summed E-state index contributed by atoms with van der Waals surface area (Å²) < 4.78 is 50.8. The summed E-state index contributed by atoms with van der Waals surface area (Å²) in [5, 5.41) is 9.97. The molecule has 0 saturated heterocycles. The third-order valence-corrected chi connectivity index (χ3v) is 7.01. The zero-order chi connectivity index (χ0) is 26.7. The van der Waals surface area contributed by atoms with E-state index < -0.39 is 23.3 Å². The highest BCUT2D eigenvalue weighted by Crippen LogP contribution is 2.38. The van der Waals surface area contributed by atoms with Gasteiger partial charge >= 0.3 is 12.1 Å². The molecular formula is C27H30F3NO4S. The summed E-state index contributed by atoms with van der Waals surface area (Å²) in [6.07, 6.45) is -2.03. The Hall–Kier alpha value is -3.07. The van der Waals surface area contributed by atoms with E-state index in [0.717, 1.165) is 47.5 Å². The Kier molecular flexibility index (Phi) is 8.33. The van der Waals surface area contributed by atoms with Gasteiger partial charge in [-0.2, -0.15) is 13.2 Å². The first kappa shape index (κ1) is 27.5. The van der Waals surface area contributed by atoms with E-state index in [2.05, 4.69) is 11.9 Å². The number of carboxylic acids is 1. The minimum Gasteiger partial charge on any atom is -0.485 e. The molecule has 0 amide bonds. The third-order valence-electron chi connectivity index (χ3n) is 5.71. The Labute approximate surface area is 212 Å². The average molecular weight is 522 g/mol. The first-order chi connectivity index (χ1) is 16.8. The zero-order valence-electron chi connectivity index (χ0n) is 20.9. The van der Waals surface area contributed by atoms with Gasteiger partial charge in [0.2, 0.25) is 0 Å². The van der Waals surface area contributed by atoms with Gasteiger partial charge in [0, 0.05) is 5.56 Å². The van der Waals surface area contributed by atoms with Crippen LogP contribution in [0.4, 0.5) is 13.2 Å². The van der Waals surface area contributed by atoms with E-state index in [1.54, 1.807) is 18.2 Å². The van der Waals surface area contributed by atoms with Crippen molar-refractivity contribution in [3.05, 3.63) is 64.2 Å². The van der Waals surface area contributed by atoms with Crippen LogP contribution in [-0.2, 0) is 11.0 Å². The van der Waals surface area contributed by atoms with Crippen molar-refractivity contribution in [2.45, 2.75) is 71.8 Å². The van der Waals surface area contributed by atoms with Crippen molar-refractivity contribution >= 4 is 17.3 Å². The molecule has 0 bridgehead atoms. The molecule has 1 unspecified atom stereocenters. The van der Waals surface area contributed by atoms with Crippen molar-refractivity contribution in [2.75, 3.05) is 0 Å². The van der Waals surface area contributed by atoms with Crippen LogP contribution in [0, 0.1) is 13.8 Å². The van der Waals surface area contributed by atoms with Crippen LogP contribution in [0.2, 0.25) is 0 Å². The lowest BCUT2D eigenvalue weighted by atomic mass is 10.1. The number of nitrogens with zero attached hydrogens (tertiary/aromatic N) is 1. The van der Waals surface area contributed by atoms with Crippen LogP contribution >= 0.6 is 11.3 Å². The second-order valence-corrected chi connectivity index (χ2v) is 10.2. The molecule has 0 fully saturated rings. The number of unbranched alkanes of at least 4 members (excludes halogenated alkanes) is 1. The molecule has 0 aliphatic heterocycles. The number of halogens is 3. The fourth-order valence-electron chi connectivity index (χ4n) is 3.56. The van der Waals surface area contributed by atoms with Crippen molar-refractivity contribution < 1.29 is 32.5 Å². The Morgan fingerprint density at radius 3 is 2.33 bits per heavy atom. The van der Waals surface area contributed by atoms with Gasteiger partial charge < -0.3 is 14.6 Å². The SMILES string of the molecule is CCCCC(Oc1ccc(OC(C)(C)C(=O)O)c(C)c1)c1sc(-c2ccc(C(F)(F)F)cc2)nc1C. The number of aryl methyl sites for hydroxylation is 2. The maximum atomic E-state index is 12.9. The highest BCUT2D eigenvalue weighted by molar-refractivity contribution is 7.15. The normalized spacial score (nSPS) is 12.9. The second kappa shape index (κ2) is 10.9. The van der Waals surface area contributed by atoms with Crippen LogP contribution in [0.5, 0.6) is 11.5 Å². The highest BCUT2D eigenvalue weighted by Gasteiger charge is 2.31. The number of alkyl halides is 3. The lowest BCUT2D eigenvalue weighted by Gasteiger charge is -2.24. The molecule has 0 aliphatic rings. The van der Waals surface area contributed by atoms with Crippen LogP contribution in [0.1, 0.15) is 67.8 Å². The van der Waals surface area contributed by atoms with E-state index in [0.29, 0.717) is 22.1 Å². The Morgan fingerprint density at radius 1 is 1.11 bits per heavy atom. The summed E-state index contributed by atoms with van der Waals surface area (Å²) >= 11 is 1.41. The van der Waals surface area contributed by atoms with Gasteiger partial charge in [-0.1, -0.05) is 25.5 Å². The van der Waals surface area contributed by atoms with Gasteiger partial charge in [-0.25, -0.2) is 9.78 Å². The Bertz CT molecular complexity index is 1200. The maximum Gasteiger partial charge on any atom is 0.416 e. The first-order valence-corrected chi connectivity index (χ1v) is 12.5. The van der Waals surface area contributed by atoms with Gasteiger partial charge in [0.15, 0.2) is 5.60 Å². The largest absolute Gasteiger partial charge is 0.485 e. The smallest absolute Gasteiger partial charge is 0.416 e. The molecule has 1 atom stereocenters. The van der Waals surface area contributed by atoms with E-state index in [9.17, 15) is 23.1 Å². The standard InChI is InChI=1S/C27H30F3NO4S/c1-6-7-8-22(34-20-13-14-21(16(2)15-20)35-26(4,5)25(32)33)23-17(3)31-24(36-23)18-9-11-19(12-10-18)27(28,29)30/h9-15,22H,6-8H2,1-5H3,(H,32,33). The predicted molar refractivity (Wildman–Crippen MR) is 134 cm³/mol. The Balaban J connectivity index is 1.85. The molecular weight excluding hydrogens is 491 g/mol. The number of aliphatic carboxylic acids is 1. The second-order valence-electron chi connectivity index (χ2n) is 9.14. The van der Waals surface area contributed by atoms with Gasteiger partial charge in [-0.05, 0) is 76.4 Å².